The minimum atomic E-state index is -0.243. The van der Waals surface area contributed by atoms with Crippen molar-refractivity contribution in [2.45, 2.75) is 18.9 Å². The van der Waals surface area contributed by atoms with E-state index in [1.54, 1.807) is 18.0 Å². The molecule has 1 rings (SSSR count). The Bertz CT molecular complexity index is 357. The Morgan fingerprint density at radius 1 is 1.44 bits per heavy atom. The van der Waals surface area contributed by atoms with Crippen LogP contribution in [0.3, 0.4) is 0 Å². The molecule has 6 heteroatoms. The number of carbonyl (C=O) groups is 1. The number of thioether (sulfide) groups is 1. The fraction of sp³-hybridized carbons (Fsp3) is 0.500. The number of aromatic nitrogens is 1. The van der Waals surface area contributed by atoms with E-state index < -0.39 is 0 Å². The lowest BCUT2D eigenvalue weighted by molar-refractivity contribution is 0.150. The third kappa shape index (κ3) is 5.88. The van der Waals surface area contributed by atoms with E-state index in [4.69, 9.17) is 4.74 Å². The van der Waals surface area contributed by atoms with E-state index in [-0.39, 0.29) is 6.03 Å². The van der Waals surface area contributed by atoms with Crippen LogP contribution in [0.2, 0.25) is 0 Å². The number of amides is 2. The highest BCUT2D eigenvalue weighted by Gasteiger charge is 2.01. The summed E-state index contributed by atoms with van der Waals surface area (Å²) in [5.74, 6) is 0.984. The minimum Gasteiger partial charge on any atom is -0.380 e. The predicted octanol–water partition coefficient (Wildman–Crippen LogP) is 2.35. The molecule has 1 aromatic rings. The van der Waals surface area contributed by atoms with E-state index in [0.29, 0.717) is 25.4 Å². The summed E-state index contributed by atoms with van der Waals surface area (Å²) in [4.78, 5) is 15.7. The molecule has 5 nitrogen and oxygen atoms in total. The zero-order chi connectivity index (χ0) is 13.2. The summed E-state index contributed by atoms with van der Waals surface area (Å²) in [6, 6.07) is 3.49. The van der Waals surface area contributed by atoms with Crippen LogP contribution in [-0.2, 0) is 4.74 Å². The molecule has 0 fully saturated rings. The maximum Gasteiger partial charge on any atom is 0.319 e. The number of rotatable bonds is 7. The molecule has 1 aromatic heterocycles. The van der Waals surface area contributed by atoms with Gasteiger partial charge in [-0.25, -0.2) is 9.78 Å². The Hall–Kier alpha value is -1.27. The van der Waals surface area contributed by atoms with E-state index >= 15 is 0 Å². The standard InChI is InChI=1S/C12H19N3O2S/c1-3-17-8-7-13-12(16)15-10-5-6-11(14-9-10)18-4-2/h5-6,9H,3-4,7-8H2,1-2H3,(H2,13,15,16). The fourth-order valence-electron chi connectivity index (χ4n) is 1.24. The molecule has 0 bridgehead atoms. The Morgan fingerprint density at radius 2 is 2.28 bits per heavy atom. The number of nitrogens with zero attached hydrogens (tertiary/aromatic N) is 1. The molecule has 0 saturated heterocycles. The number of carbonyl (C=O) groups excluding carboxylic acids is 1. The summed E-state index contributed by atoms with van der Waals surface area (Å²) in [5.41, 5.74) is 0.685. The molecule has 0 atom stereocenters. The van der Waals surface area contributed by atoms with Gasteiger partial charge >= 0.3 is 6.03 Å². The van der Waals surface area contributed by atoms with Crippen LogP contribution in [0.1, 0.15) is 13.8 Å². The van der Waals surface area contributed by atoms with Gasteiger partial charge in [-0.3, -0.25) is 0 Å². The van der Waals surface area contributed by atoms with Crippen molar-refractivity contribution < 1.29 is 9.53 Å². The van der Waals surface area contributed by atoms with Gasteiger partial charge in [-0.2, -0.15) is 0 Å². The Balaban J connectivity index is 2.30. The maximum atomic E-state index is 11.5. The normalized spacial score (nSPS) is 10.1. The van der Waals surface area contributed by atoms with Crippen molar-refractivity contribution in [3.05, 3.63) is 18.3 Å². The number of urea groups is 1. The lowest BCUT2D eigenvalue weighted by Crippen LogP contribution is -2.31. The molecule has 0 radical (unpaired) electrons. The third-order valence-corrected chi connectivity index (χ3v) is 2.85. The summed E-state index contributed by atoms with van der Waals surface area (Å²) in [6.07, 6.45) is 1.65. The molecule has 1 heterocycles. The van der Waals surface area contributed by atoms with E-state index in [9.17, 15) is 4.79 Å². The second-order valence-corrected chi connectivity index (χ2v) is 4.68. The zero-order valence-electron chi connectivity index (χ0n) is 10.7. The van der Waals surface area contributed by atoms with Gasteiger partial charge in [0.25, 0.3) is 0 Å². The van der Waals surface area contributed by atoms with Crippen LogP contribution in [-0.4, -0.2) is 36.5 Å². The number of hydrogen-bond acceptors (Lipinski definition) is 4. The Morgan fingerprint density at radius 3 is 2.89 bits per heavy atom. The monoisotopic (exact) mass is 269 g/mol. The van der Waals surface area contributed by atoms with Crippen LogP contribution in [0.4, 0.5) is 10.5 Å². The van der Waals surface area contributed by atoms with E-state index in [1.807, 2.05) is 19.1 Å². The molecule has 0 aliphatic carbocycles. The predicted molar refractivity (Wildman–Crippen MR) is 74.1 cm³/mol. The van der Waals surface area contributed by atoms with Crippen molar-refractivity contribution in [2.24, 2.45) is 0 Å². The van der Waals surface area contributed by atoms with Crippen LogP contribution in [0.25, 0.3) is 0 Å². The molecular formula is C12H19N3O2S. The van der Waals surface area contributed by atoms with Crippen molar-refractivity contribution in [1.82, 2.24) is 10.3 Å². The van der Waals surface area contributed by atoms with Crippen LogP contribution in [0.5, 0.6) is 0 Å². The summed E-state index contributed by atoms with van der Waals surface area (Å²) in [6.45, 7) is 5.67. The number of ether oxygens (including phenoxy) is 1. The first-order valence-electron chi connectivity index (χ1n) is 5.97. The Kier molecular flexibility index (Phi) is 7.20. The third-order valence-electron chi connectivity index (χ3n) is 2.02. The van der Waals surface area contributed by atoms with Gasteiger partial charge in [0, 0.05) is 13.2 Å². The summed E-state index contributed by atoms with van der Waals surface area (Å²) in [7, 11) is 0. The molecule has 0 saturated carbocycles. The molecule has 100 valence electrons. The van der Waals surface area contributed by atoms with Crippen molar-refractivity contribution in [2.75, 3.05) is 30.8 Å². The van der Waals surface area contributed by atoms with E-state index in [0.717, 1.165) is 10.8 Å². The molecule has 0 aromatic carbocycles. The van der Waals surface area contributed by atoms with Crippen LogP contribution in [0, 0.1) is 0 Å². The largest absolute Gasteiger partial charge is 0.380 e. The van der Waals surface area contributed by atoms with Gasteiger partial charge in [-0.1, -0.05) is 6.92 Å². The topological polar surface area (TPSA) is 63.2 Å². The first kappa shape index (κ1) is 14.8. The van der Waals surface area contributed by atoms with Gasteiger partial charge in [0.05, 0.1) is 23.5 Å². The maximum absolute atomic E-state index is 11.5. The van der Waals surface area contributed by atoms with Crippen molar-refractivity contribution in [3.8, 4) is 0 Å². The van der Waals surface area contributed by atoms with E-state index in [2.05, 4.69) is 22.5 Å². The molecule has 0 aliphatic rings. The second-order valence-electron chi connectivity index (χ2n) is 3.40. The number of hydrogen-bond donors (Lipinski definition) is 2. The number of nitrogens with one attached hydrogen (secondary N) is 2. The van der Waals surface area contributed by atoms with Crippen molar-refractivity contribution >= 4 is 23.5 Å². The summed E-state index contributed by atoms with van der Waals surface area (Å²) in [5, 5.41) is 6.37. The summed E-state index contributed by atoms with van der Waals surface area (Å²) < 4.78 is 5.12. The van der Waals surface area contributed by atoms with Crippen LogP contribution in [0.15, 0.2) is 23.4 Å². The second kappa shape index (κ2) is 8.77. The van der Waals surface area contributed by atoms with Gasteiger partial charge in [-0.15, -0.1) is 11.8 Å². The average Bonchev–Trinajstić information content (AvgIpc) is 2.37. The summed E-state index contributed by atoms with van der Waals surface area (Å²) >= 11 is 1.67. The van der Waals surface area contributed by atoms with Gasteiger partial charge in [0.2, 0.25) is 0 Å². The smallest absolute Gasteiger partial charge is 0.319 e. The van der Waals surface area contributed by atoms with Crippen molar-refractivity contribution in [3.63, 3.8) is 0 Å². The van der Waals surface area contributed by atoms with Gasteiger partial charge in [-0.05, 0) is 24.8 Å². The average molecular weight is 269 g/mol. The first-order valence-corrected chi connectivity index (χ1v) is 6.96. The fourth-order valence-corrected chi connectivity index (χ4v) is 1.83. The van der Waals surface area contributed by atoms with E-state index in [1.165, 1.54) is 0 Å². The lowest BCUT2D eigenvalue weighted by atomic mass is 10.4. The number of anilines is 1. The van der Waals surface area contributed by atoms with Crippen LogP contribution < -0.4 is 10.6 Å². The SMILES string of the molecule is CCOCCNC(=O)Nc1ccc(SCC)nc1. The van der Waals surface area contributed by atoms with Gasteiger partial charge in [0.1, 0.15) is 0 Å². The van der Waals surface area contributed by atoms with Gasteiger partial charge in [0.15, 0.2) is 0 Å². The lowest BCUT2D eigenvalue weighted by Gasteiger charge is -2.07. The molecule has 0 aliphatic heterocycles. The Labute approximate surface area is 112 Å². The van der Waals surface area contributed by atoms with Gasteiger partial charge < -0.3 is 15.4 Å². The first-order chi connectivity index (χ1) is 8.76. The molecule has 2 N–H and O–H groups in total. The molecule has 0 spiro atoms. The molecular weight excluding hydrogens is 250 g/mol. The highest BCUT2D eigenvalue weighted by atomic mass is 32.2. The van der Waals surface area contributed by atoms with Crippen molar-refractivity contribution in [1.29, 1.82) is 0 Å². The molecule has 18 heavy (non-hydrogen) atoms. The number of pyridine rings is 1. The molecule has 2 amide bonds. The van der Waals surface area contributed by atoms with Crippen LogP contribution >= 0.6 is 11.8 Å². The highest BCUT2D eigenvalue weighted by molar-refractivity contribution is 7.99. The highest BCUT2D eigenvalue weighted by Crippen LogP contribution is 2.16. The minimum absolute atomic E-state index is 0.243. The zero-order valence-corrected chi connectivity index (χ0v) is 11.5. The quantitative estimate of drug-likeness (QED) is 0.589. The molecule has 0 unspecified atom stereocenters.